The van der Waals surface area contributed by atoms with Gasteiger partial charge in [-0.15, -0.1) is 0 Å². The maximum absolute atomic E-state index is 12.2. The van der Waals surface area contributed by atoms with Crippen LogP contribution in [0.5, 0.6) is 0 Å². The highest BCUT2D eigenvalue weighted by Crippen LogP contribution is 2.30. The molecule has 0 saturated carbocycles. The van der Waals surface area contributed by atoms with Crippen LogP contribution in [0, 0.1) is 0 Å². The lowest BCUT2D eigenvalue weighted by Crippen LogP contribution is -2.36. The Labute approximate surface area is 120 Å². The summed E-state index contributed by atoms with van der Waals surface area (Å²) in [5.74, 6) is 0. The van der Waals surface area contributed by atoms with Gasteiger partial charge in [0, 0.05) is 5.56 Å². The molecule has 7 heteroatoms. The van der Waals surface area contributed by atoms with E-state index in [-0.39, 0.29) is 5.56 Å². The second-order valence-electron chi connectivity index (χ2n) is 4.51. The minimum atomic E-state index is -4.94. The standard InChI is InChI=1S/C14H10N2O4S/c17-13(21(18,19)20)14(10-6-2-1-3-7-10)15-11-8-4-5-9-12(11)16-14/h1-9H,(H,18,19,20). The fourth-order valence-electron chi connectivity index (χ4n) is 2.22. The van der Waals surface area contributed by atoms with Crippen LogP contribution in [-0.4, -0.2) is 18.1 Å². The molecule has 106 valence electrons. The van der Waals surface area contributed by atoms with Crippen molar-refractivity contribution < 1.29 is 17.8 Å². The quantitative estimate of drug-likeness (QED) is 0.802. The summed E-state index contributed by atoms with van der Waals surface area (Å²) >= 11 is 0. The van der Waals surface area contributed by atoms with Crippen molar-refractivity contribution >= 4 is 15.2 Å². The van der Waals surface area contributed by atoms with Crippen LogP contribution >= 0.6 is 0 Å². The summed E-state index contributed by atoms with van der Waals surface area (Å²) in [6.45, 7) is 0. The zero-order valence-electron chi connectivity index (χ0n) is 10.7. The summed E-state index contributed by atoms with van der Waals surface area (Å²) in [5, 5.41) is -0.658. The van der Waals surface area contributed by atoms with Gasteiger partial charge in [0.1, 0.15) is 0 Å². The molecule has 0 bridgehead atoms. The third-order valence-electron chi connectivity index (χ3n) is 3.14. The number of benzene rings is 2. The van der Waals surface area contributed by atoms with Crippen LogP contribution in [0.25, 0.3) is 0 Å². The molecule has 0 amide bonds. The molecule has 0 fully saturated rings. The predicted octanol–water partition coefficient (Wildman–Crippen LogP) is 0.207. The van der Waals surface area contributed by atoms with Crippen LogP contribution in [0.15, 0.2) is 64.6 Å². The van der Waals surface area contributed by atoms with Gasteiger partial charge in [-0.2, -0.15) is 8.42 Å². The molecule has 1 aliphatic heterocycles. The second kappa shape index (κ2) is 4.57. The van der Waals surface area contributed by atoms with E-state index in [1.54, 1.807) is 54.6 Å². The molecular formula is C14H10N2O4S. The molecule has 2 aromatic rings. The van der Waals surface area contributed by atoms with Gasteiger partial charge in [-0.3, -0.25) is 9.35 Å². The van der Waals surface area contributed by atoms with E-state index < -0.39 is 20.9 Å². The average Bonchev–Trinajstić information content (AvgIpc) is 2.87. The van der Waals surface area contributed by atoms with Crippen molar-refractivity contribution in [2.24, 2.45) is 9.98 Å². The SMILES string of the molecule is O=C(C1(c2ccccc2)N=c2ccccc2=N1)S(=O)(=O)O. The van der Waals surface area contributed by atoms with Crippen LogP contribution < -0.4 is 10.7 Å². The Hall–Kier alpha value is -2.38. The highest BCUT2D eigenvalue weighted by Gasteiger charge is 2.48. The number of fused-ring (bicyclic) bond motifs is 1. The molecule has 21 heavy (non-hydrogen) atoms. The zero-order valence-corrected chi connectivity index (χ0v) is 11.5. The number of rotatable bonds is 2. The van der Waals surface area contributed by atoms with E-state index in [9.17, 15) is 13.2 Å². The highest BCUT2D eigenvalue weighted by atomic mass is 32.2. The first-order chi connectivity index (χ1) is 9.93. The second-order valence-corrected chi connectivity index (χ2v) is 5.83. The molecule has 2 aromatic carbocycles. The summed E-state index contributed by atoms with van der Waals surface area (Å²) in [7, 11) is -4.94. The van der Waals surface area contributed by atoms with E-state index in [0.717, 1.165) is 0 Å². The van der Waals surface area contributed by atoms with Crippen molar-refractivity contribution in [3.8, 4) is 0 Å². The molecule has 1 heterocycles. The summed E-state index contributed by atoms with van der Waals surface area (Å²) < 4.78 is 31.8. The summed E-state index contributed by atoms with van der Waals surface area (Å²) in [4.78, 5) is 20.6. The third-order valence-corrected chi connectivity index (χ3v) is 3.89. The van der Waals surface area contributed by atoms with Gasteiger partial charge in [0.25, 0.3) is 5.66 Å². The van der Waals surface area contributed by atoms with Crippen molar-refractivity contribution in [3.05, 3.63) is 70.9 Å². The minimum Gasteiger partial charge on any atom is -0.279 e. The fourth-order valence-corrected chi connectivity index (χ4v) is 2.78. The molecule has 6 nitrogen and oxygen atoms in total. The van der Waals surface area contributed by atoms with Crippen LogP contribution in [0.1, 0.15) is 5.56 Å². The molecule has 1 N–H and O–H groups in total. The van der Waals surface area contributed by atoms with Crippen molar-refractivity contribution in [2.75, 3.05) is 0 Å². The number of carbonyl (C=O) groups is 1. The lowest BCUT2D eigenvalue weighted by Gasteiger charge is -2.20. The topological polar surface area (TPSA) is 96.2 Å². The first-order valence-electron chi connectivity index (χ1n) is 6.06. The van der Waals surface area contributed by atoms with E-state index >= 15 is 0 Å². The molecule has 0 aromatic heterocycles. The Morgan fingerprint density at radius 3 is 1.86 bits per heavy atom. The molecule has 3 rings (SSSR count). The first kappa shape index (κ1) is 13.6. The van der Waals surface area contributed by atoms with Crippen molar-refractivity contribution in [3.63, 3.8) is 0 Å². The van der Waals surface area contributed by atoms with E-state index in [1.165, 1.54) is 0 Å². The lowest BCUT2D eigenvalue weighted by atomic mass is 10.0. The van der Waals surface area contributed by atoms with Crippen LogP contribution in [0.2, 0.25) is 0 Å². The Bertz CT molecular complexity index is 901. The molecule has 0 spiro atoms. The van der Waals surface area contributed by atoms with Gasteiger partial charge in [0.15, 0.2) is 0 Å². The number of hydrogen-bond donors (Lipinski definition) is 1. The Morgan fingerprint density at radius 1 is 0.905 bits per heavy atom. The number of nitrogens with zero attached hydrogens (tertiary/aromatic N) is 2. The monoisotopic (exact) mass is 302 g/mol. The molecule has 0 radical (unpaired) electrons. The number of para-hydroxylation sites is 2. The van der Waals surface area contributed by atoms with Crippen molar-refractivity contribution in [1.82, 2.24) is 0 Å². The largest absolute Gasteiger partial charge is 0.333 e. The van der Waals surface area contributed by atoms with Crippen molar-refractivity contribution in [2.45, 2.75) is 5.66 Å². The van der Waals surface area contributed by atoms with Crippen LogP contribution in [0.3, 0.4) is 0 Å². The maximum Gasteiger partial charge on any atom is 0.333 e. The third kappa shape index (κ3) is 2.16. The number of carbonyl (C=O) groups excluding carboxylic acids is 1. The number of hydrogen-bond acceptors (Lipinski definition) is 5. The fraction of sp³-hybridized carbons (Fsp3) is 0.0714. The minimum absolute atomic E-state index is 0.281. The summed E-state index contributed by atoms with van der Waals surface area (Å²) in [6.07, 6.45) is 0. The molecule has 0 aliphatic carbocycles. The van der Waals surface area contributed by atoms with E-state index in [1.807, 2.05) is 0 Å². The summed E-state index contributed by atoms with van der Waals surface area (Å²) in [5.41, 5.74) is -1.71. The van der Waals surface area contributed by atoms with Crippen LogP contribution in [0.4, 0.5) is 0 Å². The maximum atomic E-state index is 12.2. The molecule has 1 aliphatic rings. The molecule has 0 unspecified atom stereocenters. The average molecular weight is 302 g/mol. The van der Waals surface area contributed by atoms with E-state index in [4.69, 9.17) is 4.55 Å². The van der Waals surface area contributed by atoms with Crippen molar-refractivity contribution in [1.29, 1.82) is 0 Å². The first-order valence-corrected chi connectivity index (χ1v) is 7.50. The van der Waals surface area contributed by atoms with Gasteiger partial charge < -0.3 is 0 Å². The smallest absolute Gasteiger partial charge is 0.279 e. The lowest BCUT2D eigenvalue weighted by molar-refractivity contribution is -0.117. The van der Waals surface area contributed by atoms with Gasteiger partial charge in [-0.05, 0) is 12.1 Å². The molecule has 0 atom stereocenters. The van der Waals surface area contributed by atoms with Gasteiger partial charge in [0.2, 0.25) is 0 Å². The van der Waals surface area contributed by atoms with Gasteiger partial charge in [-0.1, -0.05) is 42.5 Å². The van der Waals surface area contributed by atoms with Gasteiger partial charge in [-0.25, -0.2) is 9.98 Å². The predicted molar refractivity (Wildman–Crippen MR) is 73.4 cm³/mol. The van der Waals surface area contributed by atoms with Gasteiger partial charge >= 0.3 is 15.2 Å². The Kier molecular flexibility index (Phi) is 2.96. The molecule has 0 saturated heterocycles. The van der Waals surface area contributed by atoms with E-state index in [0.29, 0.717) is 10.7 Å². The molecular weight excluding hydrogens is 292 g/mol. The van der Waals surface area contributed by atoms with Gasteiger partial charge in [0.05, 0.1) is 10.7 Å². The van der Waals surface area contributed by atoms with Crippen LogP contribution in [-0.2, 0) is 20.6 Å². The van der Waals surface area contributed by atoms with E-state index in [2.05, 4.69) is 9.98 Å². The Morgan fingerprint density at radius 2 is 1.38 bits per heavy atom. The zero-order chi connectivity index (χ0) is 15.1. The normalized spacial score (nSPS) is 15.7. The Balaban J connectivity index is 2.35. The highest BCUT2D eigenvalue weighted by molar-refractivity contribution is 8.01. The summed E-state index contributed by atoms with van der Waals surface area (Å²) in [6, 6.07) is 14.8.